The molecule has 0 aromatic heterocycles. The van der Waals surface area contributed by atoms with Crippen LogP contribution in [0.15, 0.2) is 24.3 Å². The lowest BCUT2D eigenvalue weighted by Gasteiger charge is -2.19. The summed E-state index contributed by atoms with van der Waals surface area (Å²) < 4.78 is 5.40. The molecule has 0 aliphatic heterocycles. The molecule has 0 unspecified atom stereocenters. The first kappa shape index (κ1) is 14.7. The molecule has 4 heteroatoms. The van der Waals surface area contributed by atoms with E-state index in [0.717, 1.165) is 12.1 Å². The second kappa shape index (κ2) is 6.52. The van der Waals surface area contributed by atoms with E-state index in [-0.39, 0.29) is 18.1 Å². The summed E-state index contributed by atoms with van der Waals surface area (Å²) in [7, 11) is 0. The fourth-order valence-electron chi connectivity index (χ4n) is 1.40. The maximum atomic E-state index is 11.6. The van der Waals surface area contributed by atoms with Gasteiger partial charge in [-0.3, -0.25) is 4.79 Å². The van der Waals surface area contributed by atoms with Gasteiger partial charge in [-0.05, 0) is 51.4 Å². The van der Waals surface area contributed by atoms with E-state index in [1.165, 1.54) is 5.56 Å². The number of carbonyl (C=O) groups excluding carboxylic acids is 1. The predicted molar refractivity (Wildman–Crippen MR) is 73.5 cm³/mol. The van der Waals surface area contributed by atoms with Crippen LogP contribution in [-0.4, -0.2) is 24.7 Å². The topological polar surface area (TPSA) is 64.3 Å². The van der Waals surface area contributed by atoms with E-state index in [2.05, 4.69) is 5.32 Å². The summed E-state index contributed by atoms with van der Waals surface area (Å²) in [5.41, 5.74) is 7.11. The summed E-state index contributed by atoms with van der Waals surface area (Å²) in [6.45, 7) is 6.45. The molecule has 3 N–H and O–H groups in total. The van der Waals surface area contributed by atoms with Crippen LogP contribution in [0.2, 0.25) is 0 Å². The molecule has 0 spiro atoms. The zero-order chi connectivity index (χ0) is 13.6. The summed E-state index contributed by atoms with van der Waals surface area (Å²) in [6, 6.07) is 7.68. The molecule has 1 aromatic carbocycles. The fraction of sp³-hybridized carbons (Fsp3) is 0.500. The Bertz CT molecular complexity index is 380. The van der Waals surface area contributed by atoms with Gasteiger partial charge in [-0.1, -0.05) is 12.1 Å². The van der Waals surface area contributed by atoms with E-state index in [0.29, 0.717) is 6.54 Å². The van der Waals surface area contributed by atoms with Crippen LogP contribution in [0.4, 0.5) is 5.69 Å². The zero-order valence-electron chi connectivity index (χ0n) is 11.3. The third kappa shape index (κ3) is 5.80. The van der Waals surface area contributed by atoms with Gasteiger partial charge in [0.2, 0.25) is 5.91 Å². The van der Waals surface area contributed by atoms with Gasteiger partial charge in [0.05, 0.1) is 5.60 Å². The number of anilines is 1. The predicted octanol–water partition coefficient (Wildman–Crippen LogP) is 1.94. The van der Waals surface area contributed by atoms with Gasteiger partial charge in [-0.15, -0.1) is 0 Å². The molecular weight excluding hydrogens is 228 g/mol. The molecule has 1 amide bonds. The van der Waals surface area contributed by atoms with Gasteiger partial charge in [0.15, 0.2) is 0 Å². The van der Waals surface area contributed by atoms with Gasteiger partial charge in [0, 0.05) is 5.69 Å². The van der Waals surface area contributed by atoms with Crippen molar-refractivity contribution in [2.45, 2.75) is 32.8 Å². The number of ether oxygens (including phenoxy) is 1. The first-order valence-corrected chi connectivity index (χ1v) is 6.13. The van der Waals surface area contributed by atoms with E-state index in [1.54, 1.807) is 0 Å². The van der Waals surface area contributed by atoms with Gasteiger partial charge >= 0.3 is 0 Å². The van der Waals surface area contributed by atoms with Crippen molar-refractivity contribution >= 4 is 11.6 Å². The average Bonchev–Trinajstić information content (AvgIpc) is 2.29. The Labute approximate surface area is 109 Å². The standard InChI is InChI=1S/C14H22N2O2/c1-14(2,3)18-10-13(17)16-12-6-4-11(5-7-12)8-9-15/h4-7H,8-10,15H2,1-3H3,(H,16,17). The number of hydrogen-bond acceptors (Lipinski definition) is 3. The summed E-state index contributed by atoms with van der Waals surface area (Å²) in [6.07, 6.45) is 0.849. The lowest BCUT2D eigenvalue weighted by Crippen LogP contribution is -2.27. The number of rotatable bonds is 5. The number of nitrogens with two attached hydrogens (primary N) is 1. The van der Waals surface area contributed by atoms with E-state index in [1.807, 2.05) is 45.0 Å². The molecular formula is C14H22N2O2. The summed E-state index contributed by atoms with van der Waals surface area (Å²) in [4.78, 5) is 11.6. The van der Waals surface area contributed by atoms with Crippen LogP contribution in [0.5, 0.6) is 0 Å². The molecule has 0 heterocycles. The molecule has 0 bridgehead atoms. The zero-order valence-corrected chi connectivity index (χ0v) is 11.3. The molecule has 0 aliphatic rings. The van der Waals surface area contributed by atoms with E-state index in [9.17, 15) is 4.79 Å². The maximum Gasteiger partial charge on any atom is 0.250 e. The van der Waals surface area contributed by atoms with Gasteiger partial charge < -0.3 is 15.8 Å². The third-order valence-corrected chi connectivity index (χ3v) is 2.31. The lowest BCUT2D eigenvalue weighted by atomic mass is 10.1. The van der Waals surface area contributed by atoms with Crippen molar-refractivity contribution in [1.82, 2.24) is 0 Å². The SMILES string of the molecule is CC(C)(C)OCC(=O)Nc1ccc(CCN)cc1. The van der Waals surface area contributed by atoms with Crippen LogP contribution in [0.1, 0.15) is 26.3 Å². The smallest absolute Gasteiger partial charge is 0.250 e. The van der Waals surface area contributed by atoms with Crippen LogP contribution >= 0.6 is 0 Å². The number of nitrogens with one attached hydrogen (secondary N) is 1. The molecule has 4 nitrogen and oxygen atoms in total. The molecule has 100 valence electrons. The van der Waals surface area contributed by atoms with Crippen molar-refractivity contribution < 1.29 is 9.53 Å². The second-order valence-electron chi connectivity index (χ2n) is 5.18. The van der Waals surface area contributed by atoms with Crippen LogP contribution < -0.4 is 11.1 Å². The third-order valence-electron chi connectivity index (χ3n) is 2.31. The number of amides is 1. The normalized spacial score (nSPS) is 11.3. The molecule has 0 saturated heterocycles. The van der Waals surface area contributed by atoms with E-state index in [4.69, 9.17) is 10.5 Å². The molecule has 1 rings (SSSR count). The van der Waals surface area contributed by atoms with Gasteiger partial charge in [-0.2, -0.15) is 0 Å². The Hall–Kier alpha value is -1.39. The Morgan fingerprint density at radius 2 is 1.89 bits per heavy atom. The number of hydrogen-bond donors (Lipinski definition) is 2. The first-order valence-electron chi connectivity index (χ1n) is 6.13. The number of carbonyl (C=O) groups is 1. The summed E-state index contributed by atoms with van der Waals surface area (Å²) in [5.74, 6) is -0.142. The summed E-state index contributed by atoms with van der Waals surface area (Å²) >= 11 is 0. The lowest BCUT2D eigenvalue weighted by molar-refractivity contribution is -0.125. The van der Waals surface area contributed by atoms with E-state index >= 15 is 0 Å². The van der Waals surface area contributed by atoms with E-state index < -0.39 is 0 Å². The second-order valence-corrected chi connectivity index (χ2v) is 5.18. The molecule has 1 aromatic rings. The van der Waals surface area contributed by atoms with Crippen molar-refractivity contribution in [3.8, 4) is 0 Å². The minimum Gasteiger partial charge on any atom is -0.366 e. The van der Waals surface area contributed by atoms with Crippen LogP contribution in [0.3, 0.4) is 0 Å². The van der Waals surface area contributed by atoms with Crippen LogP contribution in [0, 0.1) is 0 Å². The average molecular weight is 250 g/mol. The minimum atomic E-state index is -0.303. The van der Waals surface area contributed by atoms with Crippen molar-refractivity contribution in [2.75, 3.05) is 18.5 Å². The molecule has 0 atom stereocenters. The van der Waals surface area contributed by atoms with Crippen LogP contribution in [0.25, 0.3) is 0 Å². The Morgan fingerprint density at radius 1 is 1.28 bits per heavy atom. The highest BCUT2D eigenvalue weighted by Gasteiger charge is 2.12. The fourth-order valence-corrected chi connectivity index (χ4v) is 1.40. The van der Waals surface area contributed by atoms with Crippen LogP contribution in [-0.2, 0) is 16.0 Å². The maximum absolute atomic E-state index is 11.6. The Morgan fingerprint density at radius 3 is 2.39 bits per heavy atom. The van der Waals surface area contributed by atoms with Gasteiger partial charge in [0.1, 0.15) is 6.61 Å². The monoisotopic (exact) mass is 250 g/mol. The highest BCUT2D eigenvalue weighted by molar-refractivity contribution is 5.91. The van der Waals surface area contributed by atoms with Gasteiger partial charge in [0.25, 0.3) is 0 Å². The highest BCUT2D eigenvalue weighted by Crippen LogP contribution is 2.11. The van der Waals surface area contributed by atoms with Crippen molar-refractivity contribution in [3.05, 3.63) is 29.8 Å². The summed E-state index contributed by atoms with van der Waals surface area (Å²) in [5, 5.41) is 2.79. The minimum absolute atomic E-state index is 0.0635. The van der Waals surface area contributed by atoms with Crippen molar-refractivity contribution in [2.24, 2.45) is 5.73 Å². The molecule has 18 heavy (non-hydrogen) atoms. The van der Waals surface area contributed by atoms with Gasteiger partial charge in [-0.25, -0.2) is 0 Å². The van der Waals surface area contributed by atoms with Crippen molar-refractivity contribution in [1.29, 1.82) is 0 Å². The quantitative estimate of drug-likeness (QED) is 0.839. The largest absolute Gasteiger partial charge is 0.366 e. The molecule has 0 fully saturated rings. The van der Waals surface area contributed by atoms with Crippen molar-refractivity contribution in [3.63, 3.8) is 0 Å². The molecule has 0 aliphatic carbocycles. The Kier molecular flexibility index (Phi) is 5.31. The Balaban J connectivity index is 2.44. The first-order chi connectivity index (χ1) is 8.40. The number of benzene rings is 1. The molecule has 0 saturated carbocycles. The molecule has 0 radical (unpaired) electrons. The highest BCUT2D eigenvalue weighted by atomic mass is 16.5.